The SMILES string of the molecule is CC(=O)OCC(C)(C)C(=O)N(C1CCCCC1)[C@H]1CCN(NC(=O)[C@@H](Cc2ccc(Cl)cc2)NS(=O)(=O)c2ccccc2[N+](=O)[O-])C1. The van der Waals surface area contributed by atoms with Crippen LogP contribution < -0.4 is 10.1 Å². The van der Waals surface area contributed by atoms with Gasteiger partial charge < -0.3 is 9.64 Å². The molecular formula is C32H42ClN5O8S. The van der Waals surface area contributed by atoms with Gasteiger partial charge in [0.05, 0.1) is 10.3 Å². The number of hydrogen-bond donors (Lipinski definition) is 2. The number of para-hydroxylation sites is 1. The smallest absolute Gasteiger partial charge is 0.302 e. The highest BCUT2D eigenvalue weighted by molar-refractivity contribution is 7.89. The molecule has 47 heavy (non-hydrogen) atoms. The van der Waals surface area contributed by atoms with Gasteiger partial charge in [0.2, 0.25) is 15.9 Å². The summed E-state index contributed by atoms with van der Waals surface area (Å²) in [5.74, 6) is -1.24. The van der Waals surface area contributed by atoms with Crippen molar-refractivity contribution in [1.29, 1.82) is 0 Å². The van der Waals surface area contributed by atoms with Crippen molar-refractivity contribution >= 4 is 45.1 Å². The van der Waals surface area contributed by atoms with Gasteiger partial charge in [-0.3, -0.25) is 29.9 Å². The summed E-state index contributed by atoms with van der Waals surface area (Å²) < 4.78 is 34.5. The van der Waals surface area contributed by atoms with Gasteiger partial charge in [-0.15, -0.1) is 0 Å². The van der Waals surface area contributed by atoms with E-state index in [4.69, 9.17) is 16.3 Å². The molecule has 256 valence electrons. The fourth-order valence-electron chi connectivity index (χ4n) is 6.12. The first-order valence-corrected chi connectivity index (χ1v) is 17.6. The minimum Gasteiger partial charge on any atom is -0.465 e. The van der Waals surface area contributed by atoms with Crippen LogP contribution >= 0.6 is 11.6 Å². The van der Waals surface area contributed by atoms with E-state index in [0.29, 0.717) is 30.1 Å². The minimum absolute atomic E-state index is 0.0135. The summed E-state index contributed by atoms with van der Waals surface area (Å²) in [7, 11) is -4.51. The van der Waals surface area contributed by atoms with E-state index in [9.17, 15) is 32.9 Å². The number of nitrogens with zero attached hydrogens (tertiary/aromatic N) is 3. The van der Waals surface area contributed by atoms with E-state index in [2.05, 4.69) is 10.1 Å². The highest BCUT2D eigenvalue weighted by atomic mass is 35.5. The number of sulfonamides is 1. The van der Waals surface area contributed by atoms with Crippen LogP contribution in [0.2, 0.25) is 5.02 Å². The lowest BCUT2D eigenvalue weighted by Gasteiger charge is -2.42. The van der Waals surface area contributed by atoms with E-state index in [-0.39, 0.29) is 31.0 Å². The van der Waals surface area contributed by atoms with Gasteiger partial charge in [0, 0.05) is 43.2 Å². The summed E-state index contributed by atoms with van der Waals surface area (Å²) in [4.78, 5) is 51.4. The summed E-state index contributed by atoms with van der Waals surface area (Å²) >= 11 is 6.02. The zero-order valence-corrected chi connectivity index (χ0v) is 28.4. The number of amides is 2. The quantitative estimate of drug-likeness (QED) is 0.179. The van der Waals surface area contributed by atoms with Crippen LogP contribution in [0.5, 0.6) is 0 Å². The number of halogens is 1. The second kappa shape index (κ2) is 15.5. The monoisotopic (exact) mass is 691 g/mol. The Morgan fingerprint density at radius 3 is 2.36 bits per heavy atom. The molecule has 1 aliphatic carbocycles. The minimum atomic E-state index is -4.51. The van der Waals surface area contributed by atoms with Crippen molar-refractivity contribution in [3.63, 3.8) is 0 Å². The number of hydrazine groups is 1. The normalized spacial score (nSPS) is 18.3. The number of esters is 1. The molecule has 1 heterocycles. The van der Waals surface area contributed by atoms with Crippen LogP contribution in [-0.2, 0) is 35.6 Å². The number of carbonyl (C=O) groups excluding carboxylic acids is 3. The van der Waals surface area contributed by atoms with Gasteiger partial charge in [-0.2, -0.15) is 4.72 Å². The average molecular weight is 692 g/mol. The summed E-state index contributed by atoms with van der Waals surface area (Å²) in [6.45, 7) is 5.48. The molecule has 1 saturated carbocycles. The van der Waals surface area contributed by atoms with Gasteiger partial charge in [0.25, 0.3) is 11.6 Å². The van der Waals surface area contributed by atoms with Crippen LogP contribution in [0.15, 0.2) is 53.4 Å². The molecule has 2 aromatic carbocycles. The molecule has 1 aliphatic heterocycles. The number of hydrogen-bond acceptors (Lipinski definition) is 9. The van der Waals surface area contributed by atoms with E-state index in [1.165, 1.54) is 19.1 Å². The number of carbonyl (C=O) groups is 3. The number of nitrogens with one attached hydrogen (secondary N) is 2. The van der Waals surface area contributed by atoms with Gasteiger partial charge in [0.15, 0.2) is 4.90 Å². The summed E-state index contributed by atoms with van der Waals surface area (Å²) in [6.07, 6.45) is 5.31. The molecule has 2 aromatic rings. The Balaban J connectivity index is 1.54. The van der Waals surface area contributed by atoms with Crippen molar-refractivity contribution < 1.29 is 32.5 Å². The van der Waals surface area contributed by atoms with Crippen LogP contribution in [0.4, 0.5) is 5.69 Å². The molecule has 2 atom stereocenters. The standard InChI is InChI=1S/C32H42ClN5O8S/c1-22(39)46-21-32(2,3)31(41)37(25-9-5-4-6-10-25)26-17-18-36(20-26)34-30(40)27(19-23-13-15-24(33)16-14-23)35-47(44,45)29-12-8-7-11-28(29)38(42)43/h7-8,11-16,25-27,35H,4-6,9-10,17-21H2,1-3H3,(H,34,40)/t26-,27+/m0/s1. The van der Waals surface area contributed by atoms with Crippen molar-refractivity contribution in [3.8, 4) is 0 Å². The Bertz CT molecular complexity index is 1560. The highest BCUT2D eigenvalue weighted by Gasteiger charge is 2.43. The molecule has 0 spiro atoms. The molecule has 2 amide bonds. The van der Waals surface area contributed by atoms with Crippen molar-refractivity contribution in [3.05, 3.63) is 69.2 Å². The third-order valence-electron chi connectivity index (χ3n) is 8.56. The van der Waals surface area contributed by atoms with Gasteiger partial charge >= 0.3 is 5.97 Å². The first-order valence-electron chi connectivity index (χ1n) is 15.7. The van der Waals surface area contributed by atoms with E-state index in [1.54, 1.807) is 43.1 Å². The number of rotatable bonds is 13. The van der Waals surface area contributed by atoms with Crippen molar-refractivity contribution in [2.75, 3.05) is 19.7 Å². The van der Waals surface area contributed by atoms with Crippen LogP contribution in [0, 0.1) is 15.5 Å². The molecule has 0 aromatic heterocycles. The molecule has 1 saturated heterocycles. The van der Waals surface area contributed by atoms with Gasteiger partial charge in [0.1, 0.15) is 12.6 Å². The summed E-state index contributed by atoms with van der Waals surface area (Å²) in [5, 5.41) is 13.7. The first kappa shape index (κ1) is 36.2. The topological polar surface area (TPSA) is 168 Å². The van der Waals surface area contributed by atoms with Crippen molar-refractivity contribution in [1.82, 2.24) is 20.1 Å². The Morgan fingerprint density at radius 2 is 1.72 bits per heavy atom. The van der Waals surface area contributed by atoms with E-state index >= 15 is 0 Å². The molecule has 2 fully saturated rings. The van der Waals surface area contributed by atoms with Crippen LogP contribution in [0.1, 0.15) is 64.9 Å². The molecule has 0 unspecified atom stereocenters. The Morgan fingerprint density at radius 1 is 1.06 bits per heavy atom. The van der Waals surface area contributed by atoms with E-state index in [0.717, 1.165) is 44.2 Å². The highest BCUT2D eigenvalue weighted by Crippen LogP contribution is 2.32. The third-order valence-corrected chi connectivity index (χ3v) is 10.3. The predicted molar refractivity (Wildman–Crippen MR) is 175 cm³/mol. The molecule has 0 radical (unpaired) electrons. The zero-order chi connectivity index (χ0) is 34.4. The van der Waals surface area contributed by atoms with Crippen LogP contribution in [0.3, 0.4) is 0 Å². The summed E-state index contributed by atoms with van der Waals surface area (Å²) in [6, 6.07) is 9.94. The molecule has 2 N–H and O–H groups in total. The van der Waals surface area contributed by atoms with Gasteiger partial charge in [-0.05, 0) is 63.3 Å². The third kappa shape index (κ3) is 9.49. The maximum atomic E-state index is 14.0. The fraction of sp³-hybridized carbons (Fsp3) is 0.531. The Kier molecular flexibility index (Phi) is 12.0. The molecule has 0 bridgehead atoms. The zero-order valence-electron chi connectivity index (χ0n) is 26.8. The number of ether oxygens (including phenoxy) is 1. The number of benzene rings is 2. The molecular weight excluding hydrogens is 650 g/mol. The van der Waals surface area contributed by atoms with Crippen LogP contribution in [0.25, 0.3) is 0 Å². The maximum Gasteiger partial charge on any atom is 0.302 e. The Hall–Kier alpha value is -3.59. The Labute approximate surface area is 280 Å². The maximum absolute atomic E-state index is 14.0. The lowest BCUT2D eigenvalue weighted by Crippen LogP contribution is -2.56. The second-order valence-electron chi connectivity index (χ2n) is 12.8. The second-order valence-corrected chi connectivity index (χ2v) is 14.9. The fourth-order valence-corrected chi connectivity index (χ4v) is 7.61. The van der Waals surface area contributed by atoms with E-state index in [1.807, 2.05) is 4.90 Å². The molecule has 2 aliphatic rings. The number of nitro benzene ring substituents is 1. The van der Waals surface area contributed by atoms with Gasteiger partial charge in [-0.1, -0.05) is 55.1 Å². The lowest BCUT2D eigenvalue weighted by molar-refractivity contribution is -0.387. The van der Waals surface area contributed by atoms with Crippen molar-refractivity contribution in [2.24, 2.45) is 5.41 Å². The van der Waals surface area contributed by atoms with Gasteiger partial charge in [-0.25, -0.2) is 13.4 Å². The molecule has 15 heteroatoms. The first-order chi connectivity index (χ1) is 22.2. The van der Waals surface area contributed by atoms with E-state index < -0.39 is 48.9 Å². The average Bonchev–Trinajstić information content (AvgIpc) is 3.49. The molecule has 13 nitrogen and oxygen atoms in total. The summed E-state index contributed by atoms with van der Waals surface area (Å²) in [5.41, 5.74) is 1.87. The largest absolute Gasteiger partial charge is 0.465 e. The predicted octanol–water partition coefficient (Wildman–Crippen LogP) is 3.99. The van der Waals surface area contributed by atoms with Crippen molar-refractivity contribution in [2.45, 2.75) is 88.7 Å². The molecule has 4 rings (SSSR count). The van der Waals surface area contributed by atoms with Crippen LogP contribution in [-0.4, -0.2) is 78.9 Å². The lowest BCUT2D eigenvalue weighted by atomic mass is 9.87. The number of nitro groups is 1.